The predicted octanol–water partition coefficient (Wildman–Crippen LogP) is 8.39. The Morgan fingerprint density at radius 2 is 1.02 bits per heavy atom. The van der Waals surface area contributed by atoms with Crippen LogP contribution in [0.15, 0.2) is 109 Å². The molecule has 8 rings (SSSR count). The van der Waals surface area contributed by atoms with Crippen LogP contribution in [0.2, 0.25) is 0 Å². The first kappa shape index (κ1) is 69.5. The molecule has 2 aliphatic heterocycles. The van der Waals surface area contributed by atoms with Gasteiger partial charge in [0.1, 0.15) is 17.7 Å². The minimum atomic E-state index is -3.72. The number of aryl methyl sites for hydroxylation is 2. The van der Waals surface area contributed by atoms with Gasteiger partial charge in [0.15, 0.2) is 0 Å². The average molecular weight is 1150 g/mol. The molecule has 20 heteroatoms. The zero-order valence-electron chi connectivity index (χ0n) is 45.9. The number of ether oxygens (including phenoxy) is 2. The number of aromatic nitrogens is 2. The molecule has 13 nitrogen and oxygen atoms in total. The fourth-order valence-electron chi connectivity index (χ4n) is 9.01. The van der Waals surface area contributed by atoms with Crippen molar-refractivity contribution >= 4 is 33.4 Å². The van der Waals surface area contributed by atoms with Crippen molar-refractivity contribution in [3.63, 3.8) is 0 Å². The summed E-state index contributed by atoms with van der Waals surface area (Å²) in [6.07, 6.45) is 4.08. The van der Waals surface area contributed by atoms with E-state index in [-0.39, 0.29) is 117 Å². The minimum absolute atomic E-state index is 0. The second kappa shape index (κ2) is 32.8. The molecule has 2 aliphatic rings. The van der Waals surface area contributed by atoms with Crippen molar-refractivity contribution in [2.75, 3.05) is 39.3 Å². The molecule has 0 bridgehead atoms. The summed E-state index contributed by atoms with van der Waals surface area (Å²) < 4.78 is 93.3. The number of benzene rings is 4. The number of alkyl halides is 4. The van der Waals surface area contributed by atoms with E-state index in [9.17, 15) is 46.1 Å². The SMILES string of the molecule is C.C.CC(C)Oc1ccc(C(O)[C@H](N)CN2CCCC2)cn1.CC(C)Oc1ccc([C@@H](O)[C@@H](CN2CCCC2)NC(=O)C(F)(F)CCc2ccc3cc(F)ccc3c2)cn1.O=C(O)C(F)(F)CCc1ccc2cc(F)ccc2c1.[H-].[K+]. The monoisotopic (exact) mass is 1150 g/mol. The Balaban J connectivity index is 0.000000443. The molecule has 0 saturated carbocycles. The smallest absolute Gasteiger partial charge is 1.00 e. The molecule has 4 atom stereocenters. The molecule has 80 heavy (non-hydrogen) atoms. The number of aliphatic carboxylic acids is 1. The number of nitrogens with one attached hydrogen (secondary N) is 1. The van der Waals surface area contributed by atoms with E-state index in [1.807, 2.05) is 38.7 Å². The second-order valence-corrected chi connectivity index (χ2v) is 20.2. The van der Waals surface area contributed by atoms with Crippen molar-refractivity contribution in [2.45, 2.75) is 142 Å². The second-order valence-electron chi connectivity index (χ2n) is 20.2. The average Bonchev–Trinajstić information content (AvgIpc) is 4.12. The van der Waals surface area contributed by atoms with Crippen LogP contribution in [-0.4, -0.2) is 122 Å². The van der Waals surface area contributed by atoms with E-state index in [0.29, 0.717) is 39.2 Å². The van der Waals surface area contributed by atoms with Gasteiger partial charge in [0.2, 0.25) is 11.8 Å². The van der Waals surface area contributed by atoms with E-state index in [2.05, 4.69) is 20.2 Å². The first-order valence-corrected chi connectivity index (χ1v) is 26.0. The molecule has 1 amide bonds. The van der Waals surface area contributed by atoms with Gasteiger partial charge in [-0.1, -0.05) is 63.4 Å². The van der Waals surface area contributed by atoms with Crippen molar-refractivity contribution in [3.8, 4) is 11.8 Å². The molecule has 1 unspecified atom stereocenters. The summed E-state index contributed by atoms with van der Waals surface area (Å²) >= 11 is 0. The molecule has 0 radical (unpaired) electrons. The summed E-state index contributed by atoms with van der Waals surface area (Å²) in [5.74, 6) is -10.7. The van der Waals surface area contributed by atoms with Crippen LogP contribution in [0.3, 0.4) is 0 Å². The summed E-state index contributed by atoms with van der Waals surface area (Å²) in [5.41, 5.74) is 8.47. The Bertz CT molecular complexity index is 2850. The van der Waals surface area contributed by atoms with E-state index in [0.717, 1.165) is 61.9 Å². The van der Waals surface area contributed by atoms with Gasteiger partial charge in [-0.3, -0.25) is 4.79 Å². The molecule has 2 aromatic heterocycles. The van der Waals surface area contributed by atoms with Gasteiger partial charge in [0, 0.05) is 67.6 Å². The topological polar surface area (TPSA) is 184 Å². The van der Waals surface area contributed by atoms with Crippen LogP contribution < -0.4 is 71.9 Å². The van der Waals surface area contributed by atoms with Gasteiger partial charge < -0.3 is 47.1 Å². The van der Waals surface area contributed by atoms with Crippen molar-refractivity contribution in [1.29, 1.82) is 0 Å². The third kappa shape index (κ3) is 21.5. The standard InChI is InChI=1S/C29H34F3N3O3.C15H25N3O2.C14H11F3O2.2CH4.K.H/c1-19(2)38-26-10-8-23(17-33-26)27(36)25(18-35-13-3-4-14-35)34-28(37)29(31,32)12-11-20-5-6-22-16-24(30)9-7-21(22)15-20;1-11(2)20-14-6-5-12(9-17-14)15(19)13(16)10-18-7-3-4-8-18;15-12-4-3-10-7-9(1-2-11(10)8-12)5-6-14(16,17)13(18)19;;;;/h5-10,15-17,19,25,27,36H,3-4,11-14,18H2,1-2H3,(H,34,37);5-6,9,11,13,15,19H,3-4,7-8,10,16H2,1-2H3;1-4,7-8H,5-6H2,(H,18,19);2*1H4;;/q;;;;;+1;-1/t25-,27-;13-,15?;;;;;/m11...../s1. The molecule has 434 valence electrons. The van der Waals surface area contributed by atoms with Crippen LogP contribution in [0, 0.1) is 11.6 Å². The number of nitrogens with two attached hydrogens (primary N) is 1. The number of hydrogen-bond donors (Lipinski definition) is 5. The van der Waals surface area contributed by atoms with E-state index in [4.69, 9.17) is 20.3 Å². The molecule has 2 fully saturated rings. The van der Waals surface area contributed by atoms with E-state index in [1.54, 1.807) is 72.9 Å². The largest absolute Gasteiger partial charge is 1.00 e. The maximum Gasteiger partial charge on any atom is 1.00 e. The van der Waals surface area contributed by atoms with Gasteiger partial charge in [0.05, 0.1) is 24.4 Å². The van der Waals surface area contributed by atoms with Crippen LogP contribution in [0.5, 0.6) is 11.8 Å². The van der Waals surface area contributed by atoms with Gasteiger partial charge in [-0.05, 0) is 161 Å². The summed E-state index contributed by atoms with van der Waals surface area (Å²) in [6.45, 7) is 12.3. The van der Waals surface area contributed by atoms with E-state index < -0.39 is 54.8 Å². The fourth-order valence-corrected chi connectivity index (χ4v) is 9.01. The van der Waals surface area contributed by atoms with Crippen molar-refractivity contribution in [2.24, 2.45) is 5.73 Å². The number of hydrogen-bond acceptors (Lipinski definition) is 11. The number of rotatable bonds is 21. The van der Waals surface area contributed by atoms with Gasteiger partial charge >= 0.3 is 69.2 Å². The molecular formula is C60H79F6KN6O7. The number of halogens is 6. The summed E-state index contributed by atoms with van der Waals surface area (Å²) in [7, 11) is 0. The number of pyridine rings is 2. The molecule has 6 aromatic rings. The third-order valence-corrected chi connectivity index (χ3v) is 13.2. The Kier molecular flexibility index (Phi) is 28.5. The minimum Gasteiger partial charge on any atom is -1.00 e. The molecule has 4 aromatic carbocycles. The number of amides is 1. The predicted molar refractivity (Wildman–Crippen MR) is 298 cm³/mol. The molecule has 2 saturated heterocycles. The van der Waals surface area contributed by atoms with Crippen LogP contribution in [-0.2, 0) is 22.4 Å². The first-order valence-electron chi connectivity index (χ1n) is 26.0. The number of fused-ring (bicyclic) bond motifs is 2. The van der Waals surface area contributed by atoms with Gasteiger partial charge in [0.25, 0.3) is 5.91 Å². The number of carboxylic acids is 1. The zero-order chi connectivity index (χ0) is 55.9. The molecule has 4 heterocycles. The van der Waals surface area contributed by atoms with Crippen molar-refractivity contribution in [3.05, 3.63) is 143 Å². The third-order valence-electron chi connectivity index (χ3n) is 13.2. The number of aliphatic hydroxyl groups is 2. The molecular weight excluding hydrogens is 1070 g/mol. The van der Waals surface area contributed by atoms with E-state index in [1.165, 1.54) is 43.3 Å². The zero-order valence-corrected chi connectivity index (χ0v) is 48.0. The number of carbonyl (C=O) groups is 2. The van der Waals surface area contributed by atoms with Gasteiger partial charge in [-0.25, -0.2) is 23.5 Å². The Morgan fingerprint density at radius 1 is 0.625 bits per heavy atom. The number of likely N-dealkylation sites (tertiary alicyclic amines) is 2. The number of nitrogens with zero attached hydrogens (tertiary/aromatic N) is 4. The van der Waals surface area contributed by atoms with E-state index >= 15 is 0 Å². The van der Waals surface area contributed by atoms with Gasteiger partial charge in [-0.15, -0.1) is 0 Å². The maximum absolute atomic E-state index is 15.0. The molecule has 0 spiro atoms. The normalized spacial score (nSPS) is 15.2. The Morgan fingerprint density at radius 3 is 1.44 bits per heavy atom. The van der Waals surface area contributed by atoms with Crippen LogP contribution >= 0.6 is 0 Å². The summed E-state index contributed by atoms with van der Waals surface area (Å²) in [5, 5.41) is 34.9. The van der Waals surface area contributed by atoms with Gasteiger partial charge in [-0.2, -0.15) is 17.6 Å². The number of aliphatic hydroxyl groups excluding tert-OH is 2. The Labute approximate surface area is 510 Å². The summed E-state index contributed by atoms with van der Waals surface area (Å²) in [4.78, 5) is 35.8. The first-order chi connectivity index (χ1) is 36.5. The maximum atomic E-state index is 15.0. The molecule has 0 aliphatic carbocycles. The van der Waals surface area contributed by atoms with Crippen molar-refractivity contribution in [1.82, 2.24) is 25.1 Å². The van der Waals surface area contributed by atoms with Crippen LogP contribution in [0.1, 0.15) is 117 Å². The molecule has 6 N–H and O–H groups in total. The Hall–Kier alpha value is -4.74. The quantitative estimate of drug-likeness (QED) is 0.0343. The number of carboxylic acid groups (broad SMARTS) is 1. The number of carbonyl (C=O) groups excluding carboxylic acids is 1. The fraction of sp³-hybridized carbons (Fsp3) is 0.467. The van der Waals surface area contributed by atoms with Crippen molar-refractivity contribution < 1.29 is 114 Å². The summed E-state index contributed by atoms with van der Waals surface area (Å²) in [6, 6.07) is 24.1. The van der Waals surface area contributed by atoms with Crippen LogP contribution in [0.25, 0.3) is 21.5 Å². The van der Waals surface area contributed by atoms with Crippen LogP contribution in [0.4, 0.5) is 26.3 Å².